The first-order chi connectivity index (χ1) is 9.31. The van der Waals surface area contributed by atoms with Crippen molar-refractivity contribution in [1.82, 2.24) is 15.1 Å². The van der Waals surface area contributed by atoms with Crippen LogP contribution in [0.15, 0.2) is 36.7 Å². The lowest BCUT2D eigenvalue weighted by Gasteiger charge is -2.10. The van der Waals surface area contributed by atoms with Crippen molar-refractivity contribution in [3.8, 4) is 11.4 Å². The maximum Gasteiger partial charge on any atom is 0.157 e. The summed E-state index contributed by atoms with van der Waals surface area (Å²) >= 11 is 0. The maximum absolute atomic E-state index is 12.8. The Balaban J connectivity index is 1.63. The van der Waals surface area contributed by atoms with Crippen molar-refractivity contribution in [1.29, 1.82) is 0 Å². The molecule has 0 spiro atoms. The molecule has 1 aliphatic heterocycles. The molecule has 1 N–H and O–H groups in total. The molecule has 0 saturated carbocycles. The van der Waals surface area contributed by atoms with E-state index in [4.69, 9.17) is 4.74 Å². The Morgan fingerprint density at radius 2 is 2.21 bits per heavy atom. The van der Waals surface area contributed by atoms with E-state index in [1.807, 2.05) is 6.20 Å². The number of nitrogens with zero attached hydrogens (tertiary/aromatic N) is 2. The van der Waals surface area contributed by atoms with Crippen LogP contribution in [0.2, 0.25) is 0 Å². The Morgan fingerprint density at radius 1 is 1.37 bits per heavy atom. The van der Waals surface area contributed by atoms with Gasteiger partial charge in [0, 0.05) is 6.04 Å². The topological polar surface area (TPSA) is 39.1 Å². The lowest BCUT2D eigenvalue weighted by Crippen LogP contribution is -2.28. The van der Waals surface area contributed by atoms with E-state index in [9.17, 15) is 4.39 Å². The van der Waals surface area contributed by atoms with Crippen molar-refractivity contribution in [2.45, 2.75) is 18.9 Å². The normalized spacial score (nSPS) is 18.7. The lowest BCUT2D eigenvalue weighted by atomic mass is 10.2. The third kappa shape index (κ3) is 2.93. The molecule has 0 bridgehead atoms. The van der Waals surface area contributed by atoms with E-state index in [1.54, 1.807) is 23.0 Å². The Bertz CT molecular complexity index is 532. The number of ether oxygens (including phenoxy) is 1. The minimum atomic E-state index is -0.250. The maximum atomic E-state index is 12.8. The summed E-state index contributed by atoms with van der Waals surface area (Å²) in [6, 6.07) is 6.64. The van der Waals surface area contributed by atoms with Crippen LogP contribution in [0.1, 0.15) is 12.8 Å². The van der Waals surface area contributed by atoms with Crippen LogP contribution in [0.5, 0.6) is 5.75 Å². The Morgan fingerprint density at radius 3 is 2.95 bits per heavy atom. The zero-order valence-electron chi connectivity index (χ0n) is 10.6. The second-order valence-electron chi connectivity index (χ2n) is 4.70. The van der Waals surface area contributed by atoms with Gasteiger partial charge in [-0.2, -0.15) is 5.10 Å². The van der Waals surface area contributed by atoms with Crippen molar-refractivity contribution in [3.05, 3.63) is 42.5 Å². The minimum Gasteiger partial charge on any atom is -0.489 e. The molecular formula is C14H16FN3O. The van der Waals surface area contributed by atoms with Crippen LogP contribution in [0.3, 0.4) is 0 Å². The van der Waals surface area contributed by atoms with E-state index in [0.29, 0.717) is 12.6 Å². The summed E-state index contributed by atoms with van der Waals surface area (Å²) in [5, 5.41) is 7.59. The van der Waals surface area contributed by atoms with Crippen molar-refractivity contribution in [2.75, 3.05) is 13.2 Å². The van der Waals surface area contributed by atoms with Gasteiger partial charge in [-0.1, -0.05) is 0 Å². The van der Waals surface area contributed by atoms with E-state index in [-0.39, 0.29) is 5.82 Å². The first-order valence-corrected chi connectivity index (χ1v) is 6.48. The zero-order valence-corrected chi connectivity index (χ0v) is 10.6. The van der Waals surface area contributed by atoms with E-state index >= 15 is 0 Å². The average molecular weight is 261 g/mol. The van der Waals surface area contributed by atoms with Crippen LogP contribution in [0.25, 0.3) is 5.69 Å². The number of nitrogens with one attached hydrogen (secondary N) is 1. The molecule has 3 rings (SSSR count). The van der Waals surface area contributed by atoms with Crippen LogP contribution < -0.4 is 10.1 Å². The van der Waals surface area contributed by atoms with Gasteiger partial charge >= 0.3 is 0 Å². The zero-order chi connectivity index (χ0) is 13.1. The van der Waals surface area contributed by atoms with Gasteiger partial charge in [-0.05, 0) is 43.7 Å². The second kappa shape index (κ2) is 5.40. The van der Waals surface area contributed by atoms with Crippen LogP contribution in [-0.2, 0) is 0 Å². The number of rotatable bonds is 4. The molecule has 2 aromatic rings. The van der Waals surface area contributed by atoms with Crippen molar-refractivity contribution < 1.29 is 9.13 Å². The molecule has 1 saturated heterocycles. The monoisotopic (exact) mass is 261 g/mol. The minimum absolute atomic E-state index is 0.250. The van der Waals surface area contributed by atoms with Gasteiger partial charge in [0.15, 0.2) is 5.75 Å². The largest absolute Gasteiger partial charge is 0.489 e. The van der Waals surface area contributed by atoms with Crippen molar-refractivity contribution in [3.63, 3.8) is 0 Å². The lowest BCUT2D eigenvalue weighted by molar-refractivity contribution is 0.277. The number of halogens is 1. The average Bonchev–Trinajstić information content (AvgIpc) is 3.09. The molecule has 1 aromatic heterocycles. The highest BCUT2D eigenvalue weighted by molar-refractivity contribution is 5.32. The summed E-state index contributed by atoms with van der Waals surface area (Å²) in [4.78, 5) is 0. The Labute approximate surface area is 111 Å². The molecule has 2 heterocycles. The van der Waals surface area contributed by atoms with Gasteiger partial charge < -0.3 is 10.1 Å². The van der Waals surface area contributed by atoms with E-state index in [1.165, 1.54) is 18.6 Å². The Hall–Kier alpha value is -1.88. The van der Waals surface area contributed by atoms with Gasteiger partial charge in [-0.3, -0.25) is 0 Å². The van der Waals surface area contributed by atoms with E-state index in [2.05, 4.69) is 10.4 Å². The van der Waals surface area contributed by atoms with Crippen molar-refractivity contribution in [2.24, 2.45) is 0 Å². The highest BCUT2D eigenvalue weighted by Crippen LogP contribution is 2.15. The summed E-state index contributed by atoms with van der Waals surface area (Å²) < 4.78 is 20.2. The smallest absolute Gasteiger partial charge is 0.157 e. The molecule has 1 atom stereocenters. The third-order valence-corrected chi connectivity index (χ3v) is 3.26. The standard InChI is InChI=1S/C14H16FN3O/c15-11-3-5-13(6-4-11)18-9-14(8-17-18)19-10-12-2-1-7-16-12/h3-6,8-9,12,16H,1-2,7,10H2. The molecule has 100 valence electrons. The van der Waals surface area contributed by atoms with Crippen LogP contribution in [0, 0.1) is 5.82 Å². The molecule has 0 radical (unpaired) electrons. The summed E-state index contributed by atoms with van der Waals surface area (Å²) in [5.74, 6) is 0.484. The summed E-state index contributed by atoms with van der Waals surface area (Å²) in [6.07, 6.45) is 5.86. The predicted octanol–water partition coefficient (Wildman–Crippen LogP) is 2.14. The van der Waals surface area contributed by atoms with E-state index < -0.39 is 0 Å². The van der Waals surface area contributed by atoms with Crippen LogP contribution in [-0.4, -0.2) is 29.0 Å². The molecule has 1 aromatic carbocycles. The van der Waals surface area contributed by atoms with Gasteiger partial charge in [0.05, 0.1) is 18.1 Å². The fourth-order valence-corrected chi connectivity index (χ4v) is 2.21. The fraction of sp³-hybridized carbons (Fsp3) is 0.357. The Kier molecular flexibility index (Phi) is 3.46. The van der Waals surface area contributed by atoms with Gasteiger partial charge in [0.25, 0.3) is 0 Å². The molecule has 19 heavy (non-hydrogen) atoms. The molecule has 1 aliphatic rings. The molecular weight excluding hydrogens is 245 g/mol. The van der Waals surface area contributed by atoms with Crippen molar-refractivity contribution >= 4 is 0 Å². The molecule has 4 nitrogen and oxygen atoms in total. The number of benzene rings is 1. The fourth-order valence-electron chi connectivity index (χ4n) is 2.21. The molecule has 1 unspecified atom stereocenters. The quantitative estimate of drug-likeness (QED) is 0.916. The predicted molar refractivity (Wildman–Crippen MR) is 70.0 cm³/mol. The SMILES string of the molecule is Fc1ccc(-n2cc(OCC3CCCN3)cn2)cc1. The highest BCUT2D eigenvalue weighted by Gasteiger charge is 2.14. The third-order valence-electron chi connectivity index (χ3n) is 3.26. The molecule has 0 amide bonds. The second-order valence-corrected chi connectivity index (χ2v) is 4.70. The number of hydrogen-bond acceptors (Lipinski definition) is 3. The van der Waals surface area contributed by atoms with Gasteiger partial charge in [0.1, 0.15) is 12.4 Å². The van der Waals surface area contributed by atoms with E-state index in [0.717, 1.165) is 24.4 Å². The number of aromatic nitrogens is 2. The molecule has 5 heteroatoms. The number of hydrogen-bond donors (Lipinski definition) is 1. The van der Waals surface area contributed by atoms with Crippen LogP contribution >= 0.6 is 0 Å². The first kappa shape index (κ1) is 12.2. The van der Waals surface area contributed by atoms with Gasteiger partial charge in [-0.25, -0.2) is 9.07 Å². The summed E-state index contributed by atoms with van der Waals surface area (Å²) in [7, 11) is 0. The summed E-state index contributed by atoms with van der Waals surface area (Å²) in [6.45, 7) is 1.73. The van der Waals surface area contributed by atoms with Gasteiger partial charge in [0.2, 0.25) is 0 Å². The summed E-state index contributed by atoms with van der Waals surface area (Å²) in [5.41, 5.74) is 0.815. The molecule has 1 fully saturated rings. The van der Waals surface area contributed by atoms with Crippen LogP contribution in [0.4, 0.5) is 4.39 Å². The molecule has 0 aliphatic carbocycles. The first-order valence-electron chi connectivity index (χ1n) is 6.48. The highest BCUT2D eigenvalue weighted by atomic mass is 19.1. The van der Waals surface area contributed by atoms with Gasteiger partial charge in [-0.15, -0.1) is 0 Å².